The molecule has 2 aromatic heterocycles. The third-order valence-corrected chi connectivity index (χ3v) is 3.18. The highest BCUT2D eigenvalue weighted by molar-refractivity contribution is 5.28. The van der Waals surface area contributed by atoms with Crippen LogP contribution in [0.3, 0.4) is 0 Å². The van der Waals surface area contributed by atoms with Crippen LogP contribution in [-0.2, 0) is 13.5 Å². The Balaban J connectivity index is 2.10. The van der Waals surface area contributed by atoms with Crippen molar-refractivity contribution in [1.29, 1.82) is 0 Å². The summed E-state index contributed by atoms with van der Waals surface area (Å²) in [6.45, 7) is 0. The predicted octanol–water partition coefficient (Wildman–Crippen LogP) is 0.961. The second-order valence-corrected chi connectivity index (χ2v) is 4.31. The van der Waals surface area contributed by atoms with Crippen molar-refractivity contribution in [3.05, 3.63) is 41.9 Å². The molecule has 1 unspecified atom stereocenters. The largest absolute Gasteiger partial charge is 0.481 e. The number of nitrogens with zero attached hydrogens (tertiary/aromatic N) is 3. The van der Waals surface area contributed by atoms with Gasteiger partial charge in [0.15, 0.2) is 0 Å². The Bertz CT molecular complexity index is 525. The molecule has 0 bridgehead atoms. The number of nitrogens with one attached hydrogen (secondary N) is 1. The molecule has 3 N–H and O–H groups in total. The number of aryl methyl sites for hydroxylation is 2. The van der Waals surface area contributed by atoms with Gasteiger partial charge >= 0.3 is 0 Å². The van der Waals surface area contributed by atoms with E-state index < -0.39 is 0 Å². The van der Waals surface area contributed by atoms with Crippen LogP contribution < -0.4 is 16.0 Å². The Labute approximate surface area is 112 Å². The Morgan fingerprint density at radius 3 is 2.89 bits per heavy atom. The summed E-state index contributed by atoms with van der Waals surface area (Å²) in [5.41, 5.74) is 4.96. The highest BCUT2D eigenvalue weighted by Gasteiger charge is 2.16. The van der Waals surface area contributed by atoms with E-state index in [1.54, 1.807) is 19.5 Å². The number of hydrogen-bond donors (Lipinski definition) is 2. The van der Waals surface area contributed by atoms with Crippen molar-refractivity contribution >= 4 is 0 Å². The third kappa shape index (κ3) is 3.10. The van der Waals surface area contributed by atoms with E-state index in [9.17, 15) is 0 Å². The number of aromatic nitrogens is 3. The standard InChI is InChI=1S/C13H19N5O/c1-18-10(7-9-16-18)5-6-12(17-14)11-4-3-8-15-13(11)19-2/h3-4,7-9,12,17H,5-6,14H2,1-2H3. The molecular weight excluding hydrogens is 242 g/mol. The quantitative estimate of drug-likeness (QED) is 0.598. The van der Waals surface area contributed by atoms with Crippen molar-refractivity contribution in [2.75, 3.05) is 7.11 Å². The first-order valence-corrected chi connectivity index (χ1v) is 6.18. The zero-order valence-electron chi connectivity index (χ0n) is 11.2. The van der Waals surface area contributed by atoms with Crippen molar-refractivity contribution in [3.63, 3.8) is 0 Å². The lowest BCUT2D eigenvalue weighted by atomic mass is 10.0. The maximum atomic E-state index is 5.65. The minimum absolute atomic E-state index is 0.00134. The van der Waals surface area contributed by atoms with Crippen LogP contribution in [0.5, 0.6) is 5.88 Å². The molecular formula is C13H19N5O. The zero-order chi connectivity index (χ0) is 13.7. The van der Waals surface area contributed by atoms with Crippen LogP contribution in [0.2, 0.25) is 0 Å². The third-order valence-electron chi connectivity index (χ3n) is 3.18. The molecule has 0 aromatic carbocycles. The number of hydrogen-bond acceptors (Lipinski definition) is 5. The van der Waals surface area contributed by atoms with Gasteiger partial charge < -0.3 is 4.74 Å². The Hall–Kier alpha value is -1.92. The average Bonchev–Trinajstić information content (AvgIpc) is 2.85. The summed E-state index contributed by atoms with van der Waals surface area (Å²) < 4.78 is 7.13. The van der Waals surface area contributed by atoms with Crippen molar-refractivity contribution < 1.29 is 4.74 Å². The van der Waals surface area contributed by atoms with Crippen LogP contribution in [0.4, 0.5) is 0 Å². The summed E-state index contributed by atoms with van der Waals surface area (Å²) in [6.07, 6.45) is 5.23. The van der Waals surface area contributed by atoms with Gasteiger partial charge in [-0.15, -0.1) is 0 Å². The topological polar surface area (TPSA) is 78.0 Å². The van der Waals surface area contributed by atoms with E-state index in [0.29, 0.717) is 5.88 Å². The number of rotatable bonds is 6. The summed E-state index contributed by atoms with van der Waals surface area (Å²) >= 11 is 0. The Morgan fingerprint density at radius 2 is 2.26 bits per heavy atom. The molecule has 0 spiro atoms. The van der Waals surface area contributed by atoms with Crippen LogP contribution in [-0.4, -0.2) is 21.9 Å². The molecule has 19 heavy (non-hydrogen) atoms. The first-order chi connectivity index (χ1) is 9.26. The monoisotopic (exact) mass is 261 g/mol. The van der Waals surface area contributed by atoms with Crippen molar-refractivity contribution in [3.8, 4) is 5.88 Å². The molecule has 0 saturated carbocycles. The van der Waals surface area contributed by atoms with Gasteiger partial charge in [0.25, 0.3) is 0 Å². The molecule has 2 heterocycles. The van der Waals surface area contributed by atoms with E-state index in [-0.39, 0.29) is 6.04 Å². The molecule has 0 saturated heterocycles. The van der Waals surface area contributed by atoms with E-state index in [0.717, 1.165) is 18.4 Å². The lowest BCUT2D eigenvalue weighted by Crippen LogP contribution is -2.29. The fraction of sp³-hybridized carbons (Fsp3) is 0.385. The van der Waals surface area contributed by atoms with Crippen LogP contribution in [0.1, 0.15) is 23.7 Å². The number of pyridine rings is 1. The van der Waals surface area contributed by atoms with Gasteiger partial charge in [-0.2, -0.15) is 5.10 Å². The number of methoxy groups -OCH3 is 1. The Kier molecular flexibility index (Phi) is 4.48. The molecule has 0 aliphatic heterocycles. The smallest absolute Gasteiger partial charge is 0.217 e. The highest BCUT2D eigenvalue weighted by atomic mass is 16.5. The first kappa shape index (κ1) is 13.5. The van der Waals surface area contributed by atoms with Crippen LogP contribution in [0.15, 0.2) is 30.6 Å². The van der Waals surface area contributed by atoms with Crippen molar-refractivity contribution in [1.82, 2.24) is 20.2 Å². The van der Waals surface area contributed by atoms with Gasteiger partial charge in [-0.05, 0) is 25.0 Å². The molecule has 0 radical (unpaired) electrons. The maximum Gasteiger partial charge on any atom is 0.217 e. The molecule has 2 rings (SSSR count). The lowest BCUT2D eigenvalue weighted by molar-refractivity contribution is 0.379. The molecule has 102 valence electrons. The minimum atomic E-state index is -0.00134. The molecule has 1 atom stereocenters. The zero-order valence-corrected chi connectivity index (χ0v) is 11.2. The second-order valence-electron chi connectivity index (χ2n) is 4.31. The van der Waals surface area contributed by atoms with Gasteiger partial charge in [0.1, 0.15) is 0 Å². The maximum absolute atomic E-state index is 5.65. The number of hydrazine groups is 1. The van der Waals surface area contributed by atoms with Crippen LogP contribution >= 0.6 is 0 Å². The fourth-order valence-corrected chi connectivity index (χ4v) is 2.11. The SMILES string of the molecule is COc1ncccc1C(CCc1ccnn1C)NN. The highest BCUT2D eigenvalue weighted by Crippen LogP contribution is 2.25. The molecule has 6 heteroatoms. The van der Waals surface area contributed by atoms with Gasteiger partial charge in [0.05, 0.1) is 13.2 Å². The van der Waals surface area contributed by atoms with Crippen molar-refractivity contribution in [2.45, 2.75) is 18.9 Å². The normalized spacial score (nSPS) is 12.4. The predicted molar refractivity (Wildman–Crippen MR) is 72.4 cm³/mol. The summed E-state index contributed by atoms with van der Waals surface area (Å²) in [4.78, 5) is 4.19. The Morgan fingerprint density at radius 1 is 1.42 bits per heavy atom. The van der Waals surface area contributed by atoms with E-state index in [1.807, 2.05) is 29.9 Å². The minimum Gasteiger partial charge on any atom is -0.481 e. The number of ether oxygens (including phenoxy) is 1. The average molecular weight is 261 g/mol. The first-order valence-electron chi connectivity index (χ1n) is 6.18. The van der Waals surface area contributed by atoms with Crippen LogP contribution in [0, 0.1) is 0 Å². The summed E-state index contributed by atoms with van der Waals surface area (Å²) in [7, 11) is 3.55. The van der Waals surface area contributed by atoms with Gasteiger partial charge in [0.2, 0.25) is 5.88 Å². The number of nitrogens with two attached hydrogens (primary N) is 1. The lowest BCUT2D eigenvalue weighted by Gasteiger charge is -2.18. The fourth-order valence-electron chi connectivity index (χ4n) is 2.11. The molecule has 6 nitrogen and oxygen atoms in total. The van der Waals surface area contributed by atoms with Crippen molar-refractivity contribution in [2.24, 2.45) is 12.9 Å². The molecule has 0 aliphatic carbocycles. The van der Waals surface area contributed by atoms with Gasteiger partial charge in [-0.3, -0.25) is 16.0 Å². The second kappa shape index (κ2) is 6.31. The van der Waals surface area contributed by atoms with E-state index in [4.69, 9.17) is 10.6 Å². The summed E-state index contributed by atoms with van der Waals surface area (Å²) in [5.74, 6) is 6.26. The molecule has 0 amide bonds. The van der Waals surface area contributed by atoms with Gasteiger partial charge in [-0.25, -0.2) is 4.98 Å². The summed E-state index contributed by atoms with van der Waals surface area (Å²) in [5, 5.41) is 4.15. The van der Waals surface area contributed by atoms with E-state index in [2.05, 4.69) is 15.5 Å². The van der Waals surface area contributed by atoms with Gasteiger partial charge in [0, 0.05) is 30.7 Å². The van der Waals surface area contributed by atoms with E-state index in [1.165, 1.54) is 5.69 Å². The molecule has 2 aromatic rings. The van der Waals surface area contributed by atoms with E-state index >= 15 is 0 Å². The summed E-state index contributed by atoms with van der Waals surface area (Å²) in [6, 6.07) is 5.86. The van der Waals surface area contributed by atoms with Gasteiger partial charge in [-0.1, -0.05) is 6.07 Å². The van der Waals surface area contributed by atoms with Crippen LogP contribution in [0.25, 0.3) is 0 Å². The molecule has 0 aliphatic rings. The molecule has 0 fully saturated rings.